The number of carbonyl (C=O) groups excluding carboxylic acids is 1. The fraction of sp³-hybridized carbons (Fsp3) is 0.444. The maximum absolute atomic E-state index is 11.5. The Hall–Kier alpha value is -1.89. The van der Waals surface area contributed by atoms with Crippen LogP contribution in [0.25, 0.3) is 0 Å². The van der Waals surface area contributed by atoms with Crippen molar-refractivity contribution < 1.29 is 9.90 Å². The molecule has 1 heterocycles. The van der Waals surface area contributed by atoms with Gasteiger partial charge in [0, 0.05) is 12.6 Å². The summed E-state index contributed by atoms with van der Waals surface area (Å²) in [4.78, 5) is 37.4. The van der Waals surface area contributed by atoms with Crippen LogP contribution < -0.4 is 16.6 Å². The third kappa shape index (κ3) is 3.70. The van der Waals surface area contributed by atoms with Crippen molar-refractivity contribution in [3.63, 3.8) is 0 Å². The molecule has 7 heteroatoms. The number of aromatic amines is 2. The predicted octanol–water partition coefficient (Wildman–Crippen LogP) is -1.44. The predicted molar refractivity (Wildman–Crippen MR) is 56.3 cm³/mol. The number of amides is 1. The van der Waals surface area contributed by atoms with Crippen molar-refractivity contribution >= 4 is 5.91 Å². The van der Waals surface area contributed by atoms with E-state index in [9.17, 15) is 19.5 Å². The van der Waals surface area contributed by atoms with Crippen molar-refractivity contribution in [1.82, 2.24) is 15.3 Å². The number of rotatable bonds is 3. The summed E-state index contributed by atoms with van der Waals surface area (Å²) in [5.74, 6) is -0.620. The van der Waals surface area contributed by atoms with Gasteiger partial charge >= 0.3 is 5.69 Å². The number of nitrogens with one attached hydrogen (secondary N) is 3. The van der Waals surface area contributed by atoms with E-state index >= 15 is 0 Å². The molecule has 1 aromatic rings. The SMILES string of the molecule is CC(C)(O)CNC(=O)c1cc(=O)[nH]c(=O)[nH]1. The van der Waals surface area contributed by atoms with Crippen molar-refractivity contribution in [2.24, 2.45) is 0 Å². The zero-order valence-electron chi connectivity index (χ0n) is 8.96. The van der Waals surface area contributed by atoms with Gasteiger partial charge in [0.15, 0.2) is 0 Å². The zero-order chi connectivity index (χ0) is 12.3. The molecule has 0 atom stereocenters. The molecule has 1 amide bonds. The van der Waals surface area contributed by atoms with Gasteiger partial charge in [-0.2, -0.15) is 0 Å². The van der Waals surface area contributed by atoms with Crippen LogP contribution >= 0.6 is 0 Å². The van der Waals surface area contributed by atoms with E-state index in [0.29, 0.717) is 0 Å². The summed E-state index contributed by atoms with van der Waals surface area (Å²) in [6.07, 6.45) is 0. The number of H-pyrrole nitrogens is 2. The minimum Gasteiger partial charge on any atom is -0.389 e. The molecule has 0 fully saturated rings. The molecule has 0 aliphatic rings. The van der Waals surface area contributed by atoms with E-state index < -0.39 is 22.8 Å². The largest absolute Gasteiger partial charge is 0.389 e. The molecule has 88 valence electrons. The Morgan fingerprint density at radius 1 is 1.44 bits per heavy atom. The van der Waals surface area contributed by atoms with Crippen LogP contribution in [0.15, 0.2) is 15.7 Å². The normalized spacial score (nSPS) is 11.2. The fourth-order valence-corrected chi connectivity index (χ4v) is 0.983. The molecule has 0 aliphatic heterocycles. The van der Waals surface area contributed by atoms with Gasteiger partial charge in [0.05, 0.1) is 5.60 Å². The van der Waals surface area contributed by atoms with Gasteiger partial charge in [-0.05, 0) is 13.8 Å². The van der Waals surface area contributed by atoms with E-state index in [2.05, 4.69) is 10.3 Å². The molecular formula is C9H13N3O4. The lowest BCUT2D eigenvalue weighted by Gasteiger charge is -2.17. The quantitative estimate of drug-likeness (QED) is 0.506. The van der Waals surface area contributed by atoms with Gasteiger partial charge in [-0.15, -0.1) is 0 Å². The molecule has 16 heavy (non-hydrogen) atoms. The molecule has 0 aliphatic carbocycles. The van der Waals surface area contributed by atoms with Gasteiger partial charge < -0.3 is 15.4 Å². The first-order valence-electron chi connectivity index (χ1n) is 4.62. The van der Waals surface area contributed by atoms with Crippen molar-refractivity contribution in [3.05, 3.63) is 32.6 Å². The summed E-state index contributed by atoms with van der Waals surface area (Å²) in [6, 6.07) is 0.973. The third-order valence-electron chi connectivity index (χ3n) is 1.69. The summed E-state index contributed by atoms with van der Waals surface area (Å²) >= 11 is 0. The topological polar surface area (TPSA) is 115 Å². The second-order valence-corrected chi connectivity index (χ2v) is 4.00. The minimum absolute atomic E-state index is 0.0145. The Balaban J connectivity index is 2.82. The summed E-state index contributed by atoms with van der Waals surface area (Å²) < 4.78 is 0. The molecule has 0 bridgehead atoms. The molecule has 0 spiro atoms. The molecule has 4 N–H and O–H groups in total. The summed E-state index contributed by atoms with van der Waals surface area (Å²) in [6.45, 7) is 3.06. The van der Waals surface area contributed by atoms with E-state index in [1.54, 1.807) is 0 Å². The molecule has 1 rings (SSSR count). The Labute approximate surface area is 90.5 Å². The molecule has 0 radical (unpaired) electrons. The molecule has 0 saturated carbocycles. The van der Waals surface area contributed by atoms with Crippen LogP contribution in [0.2, 0.25) is 0 Å². The average molecular weight is 227 g/mol. The highest BCUT2D eigenvalue weighted by atomic mass is 16.3. The standard InChI is InChI=1S/C9H13N3O4/c1-9(2,16)4-10-7(14)5-3-6(13)12-8(15)11-5/h3,16H,4H2,1-2H3,(H,10,14)(H2,11,12,13,15). The highest BCUT2D eigenvalue weighted by Crippen LogP contribution is 1.97. The molecule has 7 nitrogen and oxygen atoms in total. The first-order valence-corrected chi connectivity index (χ1v) is 4.62. The van der Waals surface area contributed by atoms with Crippen molar-refractivity contribution in [2.45, 2.75) is 19.4 Å². The Morgan fingerprint density at radius 3 is 2.56 bits per heavy atom. The summed E-state index contributed by atoms with van der Waals surface area (Å²) in [5, 5.41) is 11.7. The third-order valence-corrected chi connectivity index (χ3v) is 1.69. The van der Waals surface area contributed by atoms with Crippen LogP contribution in [0, 0.1) is 0 Å². The molecule has 1 aromatic heterocycles. The van der Waals surface area contributed by atoms with Crippen LogP contribution in [-0.4, -0.2) is 33.1 Å². The van der Waals surface area contributed by atoms with Gasteiger partial charge in [0.25, 0.3) is 11.5 Å². The van der Waals surface area contributed by atoms with E-state index in [1.807, 2.05) is 4.98 Å². The molecule has 0 unspecified atom stereocenters. The van der Waals surface area contributed by atoms with E-state index in [4.69, 9.17) is 0 Å². The number of hydrogen-bond acceptors (Lipinski definition) is 4. The van der Waals surface area contributed by atoms with Crippen molar-refractivity contribution in [2.75, 3.05) is 6.54 Å². The van der Waals surface area contributed by atoms with Crippen LogP contribution in [0.1, 0.15) is 24.3 Å². The lowest BCUT2D eigenvalue weighted by Crippen LogP contribution is -2.39. The number of carbonyl (C=O) groups is 1. The van der Waals surface area contributed by atoms with E-state index in [0.717, 1.165) is 6.07 Å². The van der Waals surface area contributed by atoms with Gasteiger partial charge in [0.2, 0.25) is 0 Å². The lowest BCUT2D eigenvalue weighted by molar-refractivity contribution is 0.0691. The van der Waals surface area contributed by atoms with E-state index in [-0.39, 0.29) is 12.2 Å². The van der Waals surface area contributed by atoms with Crippen molar-refractivity contribution in [1.29, 1.82) is 0 Å². The number of aliphatic hydroxyl groups is 1. The summed E-state index contributed by atoms with van der Waals surface area (Å²) in [5.41, 5.74) is -2.60. The average Bonchev–Trinajstić information content (AvgIpc) is 2.11. The Kier molecular flexibility index (Phi) is 3.28. The Bertz CT molecular complexity index is 466. The van der Waals surface area contributed by atoms with Crippen LogP contribution in [0.3, 0.4) is 0 Å². The molecule has 0 aromatic carbocycles. The highest BCUT2D eigenvalue weighted by molar-refractivity contribution is 5.92. The van der Waals surface area contributed by atoms with Crippen LogP contribution in [0.4, 0.5) is 0 Å². The second-order valence-electron chi connectivity index (χ2n) is 4.00. The molecule has 0 saturated heterocycles. The van der Waals surface area contributed by atoms with Crippen molar-refractivity contribution in [3.8, 4) is 0 Å². The molecular weight excluding hydrogens is 214 g/mol. The summed E-state index contributed by atoms with van der Waals surface area (Å²) in [7, 11) is 0. The van der Waals surface area contributed by atoms with Crippen LogP contribution in [-0.2, 0) is 0 Å². The van der Waals surface area contributed by atoms with Gasteiger partial charge in [0.1, 0.15) is 5.69 Å². The Morgan fingerprint density at radius 2 is 2.06 bits per heavy atom. The lowest BCUT2D eigenvalue weighted by atomic mass is 10.1. The van der Waals surface area contributed by atoms with Gasteiger partial charge in [-0.3, -0.25) is 14.6 Å². The zero-order valence-corrected chi connectivity index (χ0v) is 8.96. The highest BCUT2D eigenvalue weighted by Gasteiger charge is 2.15. The fourth-order valence-electron chi connectivity index (χ4n) is 0.983. The van der Waals surface area contributed by atoms with E-state index in [1.165, 1.54) is 13.8 Å². The van der Waals surface area contributed by atoms with Crippen LogP contribution in [0.5, 0.6) is 0 Å². The first kappa shape index (κ1) is 12.2. The minimum atomic E-state index is -1.06. The first-order chi connectivity index (χ1) is 7.28. The second kappa shape index (κ2) is 4.31. The number of aromatic nitrogens is 2. The number of hydrogen-bond donors (Lipinski definition) is 4. The van der Waals surface area contributed by atoms with Gasteiger partial charge in [-0.1, -0.05) is 0 Å². The van der Waals surface area contributed by atoms with Gasteiger partial charge in [-0.25, -0.2) is 4.79 Å². The maximum atomic E-state index is 11.5. The monoisotopic (exact) mass is 227 g/mol. The smallest absolute Gasteiger partial charge is 0.326 e. The maximum Gasteiger partial charge on any atom is 0.326 e.